The van der Waals surface area contributed by atoms with E-state index in [0.29, 0.717) is 18.4 Å². The van der Waals surface area contributed by atoms with E-state index in [1.54, 1.807) is 12.1 Å². The van der Waals surface area contributed by atoms with Gasteiger partial charge in [0.05, 0.1) is 12.7 Å². The highest BCUT2D eigenvalue weighted by Gasteiger charge is 2.53. The molecule has 0 spiro atoms. The quantitative estimate of drug-likeness (QED) is 0.796. The molecule has 2 atom stereocenters. The van der Waals surface area contributed by atoms with Crippen LogP contribution in [-0.4, -0.2) is 25.2 Å². The van der Waals surface area contributed by atoms with Crippen molar-refractivity contribution in [2.75, 3.05) is 7.11 Å². The number of methoxy groups -OCH3 is 1. The highest BCUT2D eigenvalue weighted by Crippen LogP contribution is 2.44. The number of esters is 2. The topological polar surface area (TPSA) is 52.6 Å². The second-order valence-electron chi connectivity index (χ2n) is 6.48. The van der Waals surface area contributed by atoms with Crippen molar-refractivity contribution in [2.45, 2.75) is 37.7 Å². The van der Waals surface area contributed by atoms with Gasteiger partial charge in [-0.15, -0.1) is 0 Å². The van der Waals surface area contributed by atoms with Crippen LogP contribution in [0.25, 0.3) is 0 Å². The molecular weight excluding hydrogens is 316 g/mol. The van der Waals surface area contributed by atoms with Crippen LogP contribution in [0, 0.1) is 6.92 Å². The molecule has 0 amide bonds. The lowest BCUT2D eigenvalue weighted by Crippen LogP contribution is -2.45. The molecule has 2 aromatic rings. The molecular formula is C21H22O4. The Kier molecular flexibility index (Phi) is 4.88. The normalized spacial score (nSPS) is 22.4. The van der Waals surface area contributed by atoms with Crippen LogP contribution in [0.15, 0.2) is 54.6 Å². The minimum Gasteiger partial charge on any atom is -0.468 e. The van der Waals surface area contributed by atoms with Crippen molar-refractivity contribution in [1.82, 2.24) is 0 Å². The molecule has 1 aliphatic carbocycles. The predicted octanol–water partition coefficient (Wildman–Crippen LogP) is 3.82. The first-order valence-corrected chi connectivity index (χ1v) is 8.49. The molecule has 1 saturated carbocycles. The van der Waals surface area contributed by atoms with Crippen LogP contribution in [0.1, 0.15) is 40.7 Å². The van der Waals surface area contributed by atoms with Crippen molar-refractivity contribution >= 4 is 11.9 Å². The third-order valence-corrected chi connectivity index (χ3v) is 4.96. The monoisotopic (exact) mass is 338 g/mol. The maximum Gasteiger partial charge on any atom is 0.338 e. The van der Waals surface area contributed by atoms with Gasteiger partial charge < -0.3 is 9.47 Å². The zero-order chi connectivity index (χ0) is 17.9. The van der Waals surface area contributed by atoms with Crippen molar-refractivity contribution in [1.29, 1.82) is 0 Å². The number of carbonyl (C=O) groups is 2. The van der Waals surface area contributed by atoms with Gasteiger partial charge in [-0.2, -0.15) is 0 Å². The maximum absolute atomic E-state index is 12.7. The Morgan fingerprint density at radius 3 is 2.36 bits per heavy atom. The summed E-state index contributed by atoms with van der Waals surface area (Å²) in [7, 11) is 1.38. The molecule has 0 aromatic heterocycles. The molecule has 0 saturated heterocycles. The molecule has 0 aliphatic heterocycles. The maximum atomic E-state index is 12.7. The van der Waals surface area contributed by atoms with Crippen molar-refractivity contribution in [2.24, 2.45) is 0 Å². The Bertz CT molecular complexity index is 751. The first-order chi connectivity index (χ1) is 12.1. The minimum absolute atomic E-state index is 0.349. The Morgan fingerprint density at radius 1 is 1.04 bits per heavy atom. The Hall–Kier alpha value is -2.62. The third-order valence-electron chi connectivity index (χ3n) is 4.96. The van der Waals surface area contributed by atoms with Gasteiger partial charge in [-0.3, -0.25) is 4.79 Å². The fraction of sp³-hybridized carbons (Fsp3) is 0.333. The third kappa shape index (κ3) is 3.16. The summed E-state index contributed by atoms with van der Waals surface area (Å²) in [4.78, 5) is 25.3. The molecule has 0 bridgehead atoms. The lowest BCUT2D eigenvalue weighted by Gasteiger charge is -2.32. The second kappa shape index (κ2) is 7.09. The van der Waals surface area contributed by atoms with Crippen LogP contribution < -0.4 is 0 Å². The number of benzene rings is 2. The van der Waals surface area contributed by atoms with Gasteiger partial charge >= 0.3 is 11.9 Å². The summed E-state index contributed by atoms with van der Waals surface area (Å²) in [6.45, 7) is 1.96. The Morgan fingerprint density at radius 2 is 1.72 bits per heavy atom. The largest absolute Gasteiger partial charge is 0.468 e. The number of rotatable bonds is 4. The van der Waals surface area contributed by atoms with E-state index in [2.05, 4.69) is 0 Å². The summed E-state index contributed by atoms with van der Waals surface area (Å²) in [5.74, 6) is -0.756. The van der Waals surface area contributed by atoms with E-state index in [0.717, 1.165) is 17.5 Å². The number of ether oxygens (including phenoxy) is 2. The number of aryl methyl sites for hydroxylation is 1. The molecule has 25 heavy (non-hydrogen) atoms. The van der Waals surface area contributed by atoms with Crippen LogP contribution >= 0.6 is 0 Å². The molecule has 0 radical (unpaired) electrons. The van der Waals surface area contributed by atoms with E-state index in [-0.39, 0.29) is 5.97 Å². The fourth-order valence-corrected chi connectivity index (χ4v) is 3.62. The summed E-state index contributed by atoms with van der Waals surface area (Å²) in [6, 6.07) is 16.7. The van der Waals surface area contributed by atoms with Crippen molar-refractivity contribution in [3.63, 3.8) is 0 Å². The van der Waals surface area contributed by atoms with E-state index in [1.807, 2.05) is 49.4 Å². The number of hydrogen-bond donors (Lipinski definition) is 0. The first-order valence-electron chi connectivity index (χ1n) is 8.49. The van der Waals surface area contributed by atoms with Gasteiger partial charge in [-0.1, -0.05) is 48.0 Å². The van der Waals surface area contributed by atoms with E-state index in [9.17, 15) is 9.59 Å². The van der Waals surface area contributed by atoms with E-state index in [1.165, 1.54) is 7.11 Å². The molecule has 130 valence electrons. The summed E-state index contributed by atoms with van der Waals surface area (Å²) in [5, 5.41) is 0. The SMILES string of the molecule is COC(=O)C1(c2ccccc2)CCCC1OC(=O)c1ccc(C)cc1. The Labute approximate surface area is 147 Å². The smallest absolute Gasteiger partial charge is 0.338 e. The molecule has 3 rings (SSSR count). The standard InChI is InChI=1S/C21H22O4/c1-15-10-12-16(13-11-15)19(22)25-18-9-6-14-21(18,20(23)24-2)17-7-4-3-5-8-17/h3-5,7-8,10-13,18H,6,9,14H2,1-2H3. The predicted molar refractivity (Wildman–Crippen MR) is 94.4 cm³/mol. The summed E-state index contributed by atoms with van der Waals surface area (Å²) in [6.07, 6.45) is 1.52. The lowest BCUT2D eigenvalue weighted by molar-refractivity contribution is -0.151. The van der Waals surface area contributed by atoms with Crippen LogP contribution in [-0.2, 0) is 19.7 Å². The van der Waals surface area contributed by atoms with Gasteiger partial charge in [0.1, 0.15) is 11.5 Å². The second-order valence-corrected chi connectivity index (χ2v) is 6.48. The van der Waals surface area contributed by atoms with Gasteiger partial charge in [0.15, 0.2) is 0 Å². The highest BCUT2D eigenvalue weighted by molar-refractivity contribution is 5.91. The number of carbonyl (C=O) groups excluding carboxylic acids is 2. The lowest BCUT2D eigenvalue weighted by atomic mass is 9.77. The van der Waals surface area contributed by atoms with Gasteiger partial charge in [0.2, 0.25) is 0 Å². The average molecular weight is 338 g/mol. The zero-order valence-electron chi connectivity index (χ0n) is 14.5. The highest BCUT2D eigenvalue weighted by atomic mass is 16.6. The summed E-state index contributed by atoms with van der Waals surface area (Å²) in [5.41, 5.74) is 1.46. The molecule has 1 aliphatic rings. The molecule has 0 heterocycles. The van der Waals surface area contributed by atoms with Gasteiger partial charge in [-0.05, 0) is 43.9 Å². The van der Waals surface area contributed by atoms with E-state index >= 15 is 0 Å². The summed E-state index contributed by atoms with van der Waals surface area (Å²) < 4.78 is 10.9. The van der Waals surface area contributed by atoms with Gasteiger partial charge in [0.25, 0.3) is 0 Å². The zero-order valence-corrected chi connectivity index (χ0v) is 14.5. The molecule has 4 heteroatoms. The average Bonchev–Trinajstić information content (AvgIpc) is 3.06. The minimum atomic E-state index is -0.934. The Balaban J connectivity index is 1.92. The number of hydrogen-bond acceptors (Lipinski definition) is 4. The van der Waals surface area contributed by atoms with E-state index < -0.39 is 17.5 Å². The van der Waals surface area contributed by atoms with Crippen molar-refractivity contribution in [3.05, 3.63) is 71.3 Å². The van der Waals surface area contributed by atoms with Crippen LogP contribution in [0.4, 0.5) is 0 Å². The first kappa shape index (κ1) is 17.2. The molecule has 2 aromatic carbocycles. The van der Waals surface area contributed by atoms with Crippen molar-refractivity contribution < 1.29 is 19.1 Å². The summed E-state index contributed by atoms with van der Waals surface area (Å²) >= 11 is 0. The van der Waals surface area contributed by atoms with Crippen LogP contribution in [0.3, 0.4) is 0 Å². The van der Waals surface area contributed by atoms with Crippen LogP contribution in [0.2, 0.25) is 0 Å². The molecule has 0 N–H and O–H groups in total. The van der Waals surface area contributed by atoms with E-state index in [4.69, 9.17) is 9.47 Å². The molecule has 4 nitrogen and oxygen atoms in total. The molecule has 2 unspecified atom stereocenters. The van der Waals surface area contributed by atoms with Gasteiger partial charge in [0, 0.05) is 0 Å². The van der Waals surface area contributed by atoms with Crippen molar-refractivity contribution in [3.8, 4) is 0 Å². The van der Waals surface area contributed by atoms with Crippen LogP contribution in [0.5, 0.6) is 0 Å². The molecule has 1 fully saturated rings. The van der Waals surface area contributed by atoms with Gasteiger partial charge in [-0.25, -0.2) is 4.79 Å². The fourth-order valence-electron chi connectivity index (χ4n) is 3.62.